The Morgan fingerprint density at radius 1 is 1.06 bits per heavy atom. The van der Waals surface area contributed by atoms with E-state index in [0.29, 0.717) is 31.7 Å². The number of nitrogens with two attached hydrogens (primary N) is 1. The number of likely N-dealkylation sites (tertiary alicyclic amines) is 1. The zero-order valence-corrected chi connectivity index (χ0v) is 10.4. The molecule has 1 unspecified atom stereocenters. The van der Waals surface area contributed by atoms with Gasteiger partial charge >= 0.3 is 0 Å². The maximum atomic E-state index is 11.9. The number of imide groups is 1. The highest BCUT2D eigenvalue weighted by atomic mass is 16.2. The van der Waals surface area contributed by atoms with Gasteiger partial charge in [0.15, 0.2) is 0 Å². The minimum absolute atomic E-state index is 0.0118. The summed E-state index contributed by atoms with van der Waals surface area (Å²) in [7, 11) is 0. The zero-order valence-electron chi connectivity index (χ0n) is 10.4. The zero-order chi connectivity index (χ0) is 12.3. The molecule has 1 atom stereocenters. The summed E-state index contributed by atoms with van der Waals surface area (Å²) in [5, 5.41) is 0. The highest BCUT2D eigenvalue weighted by Crippen LogP contribution is 2.30. The molecule has 1 saturated carbocycles. The Morgan fingerprint density at radius 3 is 2.18 bits per heavy atom. The van der Waals surface area contributed by atoms with Crippen LogP contribution in [0.2, 0.25) is 0 Å². The van der Waals surface area contributed by atoms with E-state index in [1.807, 2.05) is 0 Å². The topological polar surface area (TPSA) is 63.4 Å². The lowest BCUT2D eigenvalue weighted by atomic mass is 9.82. The maximum Gasteiger partial charge on any atom is 0.229 e. The first-order valence-corrected chi connectivity index (χ1v) is 6.79. The van der Waals surface area contributed by atoms with Crippen LogP contribution < -0.4 is 5.73 Å². The molecule has 1 aliphatic heterocycles. The molecule has 0 aromatic heterocycles. The van der Waals surface area contributed by atoms with E-state index in [4.69, 9.17) is 5.73 Å². The summed E-state index contributed by atoms with van der Waals surface area (Å²) < 4.78 is 0. The van der Waals surface area contributed by atoms with Crippen LogP contribution in [0.25, 0.3) is 0 Å². The number of rotatable bonds is 3. The molecule has 0 aromatic rings. The van der Waals surface area contributed by atoms with Gasteiger partial charge in [-0.05, 0) is 25.2 Å². The molecule has 0 bridgehead atoms. The van der Waals surface area contributed by atoms with Crippen LogP contribution in [-0.2, 0) is 9.59 Å². The van der Waals surface area contributed by atoms with Gasteiger partial charge in [0.2, 0.25) is 11.8 Å². The van der Waals surface area contributed by atoms with Crippen LogP contribution >= 0.6 is 0 Å². The molecule has 0 radical (unpaired) electrons. The smallest absolute Gasteiger partial charge is 0.229 e. The van der Waals surface area contributed by atoms with E-state index in [9.17, 15) is 9.59 Å². The van der Waals surface area contributed by atoms with Crippen molar-refractivity contribution in [2.45, 2.75) is 57.4 Å². The molecule has 2 aliphatic rings. The SMILES string of the molecule is NCC(C1CCCCC1)N1C(=O)CCCC1=O. The van der Waals surface area contributed by atoms with Crippen molar-refractivity contribution < 1.29 is 9.59 Å². The van der Waals surface area contributed by atoms with Crippen LogP contribution in [0.15, 0.2) is 0 Å². The first-order valence-electron chi connectivity index (χ1n) is 6.79. The first-order chi connectivity index (χ1) is 8.24. The molecule has 17 heavy (non-hydrogen) atoms. The van der Waals surface area contributed by atoms with Crippen molar-refractivity contribution in [3.63, 3.8) is 0 Å². The molecule has 2 amide bonds. The number of hydrogen-bond acceptors (Lipinski definition) is 3. The molecular weight excluding hydrogens is 216 g/mol. The van der Waals surface area contributed by atoms with Crippen molar-refractivity contribution in [1.29, 1.82) is 0 Å². The van der Waals surface area contributed by atoms with E-state index >= 15 is 0 Å². The summed E-state index contributed by atoms with van der Waals surface area (Å²) >= 11 is 0. The lowest BCUT2D eigenvalue weighted by molar-refractivity contribution is -0.152. The number of hydrogen-bond donors (Lipinski definition) is 1. The number of carbonyl (C=O) groups is 2. The Bertz CT molecular complexity index is 282. The second kappa shape index (κ2) is 5.63. The second-order valence-corrected chi connectivity index (χ2v) is 5.21. The van der Waals surface area contributed by atoms with Gasteiger partial charge in [0, 0.05) is 19.4 Å². The Hall–Kier alpha value is -0.900. The standard InChI is InChI=1S/C13H22N2O2/c14-9-11(10-5-2-1-3-6-10)15-12(16)7-4-8-13(15)17/h10-11H,1-9,14H2. The van der Waals surface area contributed by atoms with Gasteiger partial charge in [0.25, 0.3) is 0 Å². The highest BCUT2D eigenvalue weighted by Gasteiger charge is 2.36. The van der Waals surface area contributed by atoms with Gasteiger partial charge in [-0.1, -0.05) is 19.3 Å². The monoisotopic (exact) mass is 238 g/mol. The molecule has 0 spiro atoms. The van der Waals surface area contributed by atoms with Gasteiger partial charge in [-0.2, -0.15) is 0 Å². The summed E-state index contributed by atoms with van der Waals surface area (Å²) in [5.41, 5.74) is 5.81. The largest absolute Gasteiger partial charge is 0.328 e. The van der Waals surface area contributed by atoms with Crippen LogP contribution in [0.1, 0.15) is 51.4 Å². The van der Waals surface area contributed by atoms with E-state index in [0.717, 1.165) is 12.8 Å². The number of carbonyl (C=O) groups excluding carboxylic acids is 2. The molecule has 96 valence electrons. The molecular formula is C13H22N2O2. The third kappa shape index (κ3) is 2.68. The Morgan fingerprint density at radius 2 is 1.65 bits per heavy atom. The predicted octanol–water partition coefficient (Wildman–Crippen LogP) is 1.43. The van der Waals surface area contributed by atoms with Crippen molar-refractivity contribution in [3.8, 4) is 0 Å². The van der Waals surface area contributed by atoms with E-state index < -0.39 is 0 Å². The van der Waals surface area contributed by atoms with E-state index in [2.05, 4.69) is 0 Å². The van der Waals surface area contributed by atoms with Crippen molar-refractivity contribution >= 4 is 11.8 Å². The van der Waals surface area contributed by atoms with Crippen LogP contribution in [-0.4, -0.2) is 29.3 Å². The third-order valence-electron chi connectivity index (χ3n) is 4.09. The molecule has 2 fully saturated rings. The fourth-order valence-electron chi connectivity index (χ4n) is 3.17. The lowest BCUT2D eigenvalue weighted by Gasteiger charge is -2.38. The fourth-order valence-corrected chi connectivity index (χ4v) is 3.17. The van der Waals surface area contributed by atoms with Crippen LogP contribution in [0, 0.1) is 5.92 Å². The van der Waals surface area contributed by atoms with Crippen molar-refractivity contribution in [3.05, 3.63) is 0 Å². The molecule has 4 heteroatoms. The third-order valence-corrected chi connectivity index (χ3v) is 4.09. The van der Waals surface area contributed by atoms with Crippen molar-refractivity contribution in [1.82, 2.24) is 4.90 Å². The summed E-state index contributed by atoms with van der Waals surface area (Å²) in [5.74, 6) is 0.407. The quantitative estimate of drug-likeness (QED) is 0.757. The average molecular weight is 238 g/mol. The first kappa shape index (κ1) is 12.6. The molecule has 0 aromatic carbocycles. The van der Waals surface area contributed by atoms with Crippen LogP contribution in [0.4, 0.5) is 0 Å². The van der Waals surface area contributed by atoms with Gasteiger partial charge in [0.1, 0.15) is 0 Å². The highest BCUT2D eigenvalue weighted by molar-refractivity contribution is 5.97. The number of piperidine rings is 1. The minimum Gasteiger partial charge on any atom is -0.328 e. The molecule has 4 nitrogen and oxygen atoms in total. The molecule has 2 rings (SSSR count). The fraction of sp³-hybridized carbons (Fsp3) is 0.846. The second-order valence-electron chi connectivity index (χ2n) is 5.21. The molecule has 1 saturated heterocycles. The number of amides is 2. The van der Waals surface area contributed by atoms with E-state index in [1.54, 1.807) is 0 Å². The molecule has 1 heterocycles. The van der Waals surface area contributed by atoms with E-state index in [-0.39, 0.29) is 17.9 Å². The Labute approximate surface area is 103 Å². The molecule has 1 aliphatic carbocycles. The van der Waals surface area contributed by atoms with Crippen molar-refractivity contribution in [2.75, 3.05) is 6.54 Å². The van der Waals surface area contributed by atoms with Crippen molar-refractivity contribution in [2.24, 2.45) is 11.7 Å². The van der Waals surface area contributed by atoms with Crippen LogP contribution in [0.3, 0.4) is 0 Å². The summed E-state index contributed by atoms with van der Waals surface area (Å²) in [6.45, 7) is 0.419. The van der Waals surface area contributed by atoms with Gasteiger partial charge < -0.3 is 5.73 Å². The minimum atomic E-state index is -0.0457. The Kier molecular flexibility index (Phi) is 4.15. The predicted molar refractivity (Wildman–Crippen MR) is 65.1 cm³/mol. The van der Waals surface area contributed by atoms with Crippen LogP contribution in [0.5, 0.6) is 0 Å². The number of nitrogens with zero attached hydrogens (tertiary/aromatic N) is 1. The lowest BCUT2D eigenvalue weighted by Crippen LogP contribution is -2.53. The van der Waals surface area contributed by atoms with Gasteiger partial charge in [-0.3, -0.25) is 14.5 Å². The summed E-state index contributed by atoms with van der Waals surface area (Å²) in [6, 6.07) is -0.0457. The summed E-state index contributed by atoms with van der Waals surface area (Å²) in [4.78, 5) is 25.3. The Balaban J connectivity index is 2.09. The maximum absolute atomic E-state index is 11.9. The normalized spacial score (nSPS) is 25.1. The van der Waals surface area contributed by atoms with Gasteiger partial charge in [-0.15, -0.1) is 0 Å². The van der Waals surface area contributed by atoms with Gasteiger partial charge in [0.05, 0.1) is 6.04 Å². The molecule has 2 N–H and O–H groups in total. The average Bonchev–Trinajstić information content (AvgIpc) is 2.35. The van der Waals surface area contributed by atoms with E-state index in [1.165, 1.54) is 24.2 Å². The summed E-state index contributed by atoms with van der Waals surface area (Å²) in [6.07, 6.45) is 7.63. The van der Waals surface area contributed by atoms with Gasteiger partial charge in [-0.25, -0.2) is 0 Å².